The number of methoxy groups -OCH3 is 1. The van der Waals surface area contributed by atoms with Crippen molar-refractivity contribution in [3.63, 3.8) is 0 Å². The molecule has 2 aromatic carbocycles. The van der Waals surface area contributed by atoms with Gasteiger partial charge in [0.05, 0.1) is 24.0 Å². The minimum atomic E-state index is -0.296. The molecule has 0 bridgehead atoms. The number of para-hydroxylation sites is 1. The Bertz CT molecular complexity index is 782. The Balaban J connectivity index is 0.00000243. The lowest BCUT2D eigenvalue weighted by Crippen LogP contribution is -2.31. The van der Waals surface area contributed by atoms with Crippen LogP contribution in [0.4, 0.5) is 11.4 Å². The van der Waals surface area contributed by atoms with E-state index >= 15 is 0 Å². The molecule has 0 saturated heterocycles. The lowest BCUT2D eigenvalue weighted by atomic mass is 10.1. The van der Waals surface area contributed by atoms with Crippen LogP contribution in [-0.4, -0.2) is 45.2 Å². The first-order valence-corrected chi connectivity index (χ1v) is 9.22. The molecule has 0 radical (unpaired) electrons. The summed E-state index contributed by atoms with van der Waals surface area (Å²) in [5.41, 5.74) is 2.98. The average Bonchev–Trinajstić information content (AvgIpc) is 2.59. The van der Waals surface area contributed by atoms with Crippen LogP contribution in [0.2, 0.25) is 0 Å². The smallest absolute Gasteiger partial charge is 0.337 e. The van der Waals surface area contributed by atoms with E-state index in [0.717, 1.165) is 23.7 Å². The highest BCUT2D eigenvalue weighted by atomic mass is 35.5. The van der Waals surface area contributed by atoms with Crippen LogP contribution in [0.5, 0.6) is 0 Å². The fourth-order valence-corrected chi connectivity index (χ4v) is 4.40. The van der Waals surface area contributed by atoms with E-state index in [2.05, 4.69) is 55.1 Å². The Morgan fingerprint density at radius 2 is 1.85 bits per heavy atom. The van der Waals surface area contributed by atoms with Crippen molar-refractivity contribution in [1.29, 1.82) is 0 Å². The van der Waals surface area contributed by atoms with Crippen molar-refractivity contribution < 1.29 is 9.53 Å². The highest BCUT2D eigenvalue weighted by Gasteiger charge is 2.25. The van der Waals surface area contributed by atoms with Crippen LogP contribution < -0.4 is 4.90 Å². The molecule has 6 heteroatoms. The highest BCUT2D eigenvalue weighted by Crippen LogP contribution is 2.48. The zero-order valence-corrected chi connectivity index (χ0v) is 17.2. The van der Waals surface area contributed by atoms with Gasteiger partial charge in [-0.25, -0.2) is 4.79 Å². The summed E-state index contributed by atoms with van der Waals surface area (Å²) in [6.45, 7) is 4.23. The molecule has 1 unspecified atom stereocenters. The summed E-state index contributed by atoms with van der Waals surface area (Å²) in [6.07, 6.45) is 0. The molecule has 1 aliphatic rings. The molecule has 0 spiro atoms. The van der Waals surface area contributed by atoms with Gasteiger partial charge in [0.2, 0.25) is 0 Å². The van der Waals surface area contributed by atoms with Gasteiger partial charge in [0.25, 0.3) is 0 Å². The van der Waals surface area contributed by atoms with Crippen LogP contribution >= 0.6 is 24.2 Å². The maximum Gasteiger partial charge on any atom is 0.337 e. The standard InChI is InChI=1S/C20H24N2O2S.ClH/c1-14(12-21(2)3)13-22-16-7-5-6-8-18(16)25-19-11-15(20(23)24-4)9-10-17(19)22;/h5-11,14H,12-13H2,1-4H3;1H. The number of fused-ring (bicyclic) bond motifs is 2. The largest absolute Gasteiger partial charge is 0.465 e. The van der Waals surface area contributed by atoms with Crippen LogP contribution in [0.3, 0.4) is 0 Å². The first kappa shape index (κ1) is 20.6. The minimum absolute atomic E-state index is 0. The number of carbonyl (C=O) groups excluding carboxylic acids is 1. The summed E-state index contributed by atoms with van der Waals surface area (Å²) in [5, 5.41) is 0. The monoisotopic (exact) mass is 392 g/mol. The Hall–Kier alpha value is -1.69. The van der Waals surface area contributed by atoms with E-state index in [0.29, 0.717) is 11.5 Å². The third kappa shape index (κ3) is 4.34. The Kier molecular flexibility index (Phi) is 6.98. The predicted molar refractivity (Wildman–Crippen MR) is 110 cm³/mol. The van der Waals surface area contributed by atoms with Crippen LogP contribution in [0, 0.1) is 5.92 Å². The number of anilines is 2. The molecule has 0 aromatic heterocycles. The molecule has 1 heterocycles. The van der Waals surface area contributed by atoms with E-state index in [4.69, 9.17) is 4.74 Å². The fraction of sp³-hybridized carbons (Fsp3) is 0.350. The van der Waals surface area contributed by atoms with E-state index in [-0.39, 0.29) is 18.4 Å². The van der Waals surface area contributed by atoms with Crippen molar-refractivity contribution in [2.45, 2.75) is 16.7 Å². The van der Waals surface area contributed by atoms with Gasteiger partial charge in [0, 0.05) is 22.9 Å². The summed E-state index contributed by atoms with van der Waals surface area (Å²) in [4.78, 5) is 18.8. The minimum Gasteiger partial charge on any atom is -0.465 e. The number of hydrogen-bond donors (Lipinski definition) is 0. The number of benzene rings is 2. The molecule has 0 fully saturated rings. The van der Waals surface area contributed by atoms with E-state index in [9.17, 15) is 4.79 Å². The number of esters is 1. The Labute approximate surface area is 165 Å². The van der Waals surface area contributed by atoms with Gasteiger partial charge in [-0.15, -0.1) is 12.4 Å². The number of carbonyl (C=O) groups is 1. The van der Waals surface area contributed by atoms with Crippen molar-refractivity contribution >= 4 is 41.5 Å². The summed E-state index contributed by atoms with van der Waals surface area (Å²) in [7, 11) is 5.62. The second kappa shape index (κ2) is 8.80. The normalized spacial score (nSPS) is 13.5. The lowest BCUT2D eigenvalue weighted by Gasteiger charge is -2.35. The zero-order chi connectivity index (χ0) is 18.0. The molecule has 2 aromatic rings. The maximum absolute atomic E-state index is 11.9. The maximum atomic E-state index is 11.9. The van der Waals surface area contributed by atoms with E-state index in [1.165, 1.54) is 17.7 Å². The molecule has 0 amide bonds. The van der Waals surface area contributed by atoms with Crippen molar-refractivity contribution in [3.8, 4) is 0 Å². The SMILES string of the molecule is COC(=O)c1ccc2c(c1)Sc1ccccc1N2CC(C)CN(C)C.Cl. The van der Waals surface area contributed by atoms with Crippen LogP contribution in [0.15, 0.2) is 52.3 Å². The molecular formula is C20H25ClN2O2S. The van der Waals surface area contributed by atoms with Gasteiger partial charge in [-0.1, -0.05) is 30.8 Å². The fourth-order valence-electron chi connectivity index (χ4n) is 3.27. The average molecular weight is 393 g/mol. The van der Waals surface area contributed by atoms with Gasteiger partial charge in [0.15, 0.2) is 0 Å². The van der Waals surface area contributed by atoms with Crippen molar-refractivity contribution in [2.24, 2.45) is 5.92 Å². The topological polar surface area (TPSA) is 32.8 Å². The van der Waals surface area contributed by atoms with Crippen molar-refractivity contribution in [1.82, 2.24) is 4.90 Å². The second-order valence-electron chi connectivity index (χ2n) is 6.72. The Morgan fingerprint density at radius 1 is 1.15 bits per heavy atom. The molecule has 4 nitrogen and oxygen atoms in total. The zero-order valence-electron chi connectivity index (χ0n) is 15.6. The molecule has 3 rings (SSSR count). The summed E-state index contributed by atoms with van der Waals surface area (Å²) in [5.74, 6) is 0.217. The third-order valence-electron chi connectivity index (χ3n) is 4.22. The first-order chi connectivity index (χ1) is 12.0. The number of ether oxygens (including phenoxy) is 1. The van der Waals surface area contributed by atoms with Crippen molar-refractivity contribution in [2.75, 3.05) is 39.2 Å². The molecular weight excluding hydrogens is 368 g/mol. The van der Waals surface area contributed by atoms with Crippen LogP contribution in [0.25, 0.3) is 0 Å². The molecule has 26 heavy (non-hydrogen) atoms. The highest BCUT2D eigenvalue weighted by molar-refractivity contribution is 7.99. The summed E-state index contributed by atoms with van der Waals surface area (Å²) in [6, 6.07) is 14.3. The third-order valence-corrected chi connectivity index (χ3v) is 5.33. The lowest BCUT2D eigenvalue weighted by molar-refractivity contribution is 0.0600. The molecule has 0 aliphatic carbocycles. The van der Waals surface area contributed by atoms with E-state index < -0.39 is 0 Å². The first-order valence-electron chi connectivity index (χ1n) is 8.41. The van der Waals surface area contributed by atoms with Gasteiger partial charge < -0.3 is 14.5 Å². The molecule has 0 saturated carbocycles. The van der Waals surface area contributed by atoms with Gasteiger partial charge in [0.1, 0.15) is 0 Å². The van der Waals surface area contributed by atoms with E-state index in [1.807, 2.05) is 18.2 Å². The molecule has 1 atom stereocenters. The van der Waals surface area contributed by atoms with Gasteiger partial charge in [-0.3, -0.25) is 0 Å². The predicted octanol–water partition coefficient (Wildman–Crippen LogP) is 4.70. The molecule has 0 N–H and O–H groups in total. The quantitative estimate of drug-likeness (QED) is 0.689. The van der Waals surface area contributed by atoms with Crippen LogP contribution in [-0.2, 0) is 4.74 Å². The van der Waals surface area contributed by atoms with Gasteiger partial charge >= 0.3 is 5.97 Å². The number of nitrogens with zero attached hydrogens (tertiary/aromatic N) is 2. The van der Waals surface area contributed by atoms with E-state index in [1.54, 1.807) is 11.8 Å². The number of halogens is 1. The molecule has 1 aliphatic heterocycles. The number of rotatable bonds is 5. The summed E-state index contributed by atoms with van der Waals surface area (Å²) < 4.78 is 4.86. The van der Waals surface area contributed by atoms with Gasteiger partial charge in [-0.05, 0) is 50.3 Å². The van der Waals surface area contributed by atoms with Crippen LogP contribution in [0.1, 0.15) is 17.3 Å². The Morgan fingerprint density at radius 3 is 2.54 bits per heavy atom. The van der Waals surface area contributed by atoms with Crippen molar-refractivity contribution in [3.05, 3.63) is 48.0 Å². The number of hydrogen-bond acceptors (Lipinski definition) is 5. The molecule has 140 valence electrons. The van der Waals surface area contributed by atoms with Gasteiger partial charge in [-0.2, -0.15) is 0 Å². The summed E-state index contributed by atoms with van der Waals surface area (Å²) >= 11 is 1.71. The second-order valence-corrected chi connectivity index (χ2v) is 7.81.